The molecule has 82 valence electrons. The van der Waals surface area contributed by atoms with Gasteiger partial charge in [-0.25, -0.2) is 13.1 Å². The SMILES string of the molecule is NC1CCCC(NS(=O)(=O)C2CC2)C1. The van der Waals surface area contributed by atoms with Crippen LogP contribution in [0.3, 0.4) is 0 Å². The molecule has 0 spiro atoms. The van der Waals surface area contributed by atoms with Crippen molar-refractivity contribution < 1.29 is 8.42 Å². The Morgan fingerprint density at radius 3 is 2.43 bits per heavy atom. The summed E-state index contributed by atoms with van der Waals surface area (Å²) in [6.07, 6.45) is 5.47. The highest BCUT2D eigenvalue weighted by Crippen LogP contribution is 2.29. The molecule has 0 bridgehead atoms. The smallest absolute Gasteiger partial charge is 0.214 e. The molecule has 0 aromatic heterocycles. The molecule has 0 aliphatic heterocycles. The van der Waals surface area contributed by atoms with E-state index in [4.69, 9.17) is 5.73 Å². The first kappa shape index (κ1) is 10.4. The van der Waals surface area contributed by atoms with Crippen LogP contribution >= 0.6 is 0 Å². The van der Waals surface area contributed by atoms with E-state index in [2.05, 4.69) is 4.72 Å². The van der Waals surface area contributed by atoms with Gasteiger partial charge >= 0.3 is 0 Å². The van der Waals surface area contributed by atoms with Crippen LogP contribution in [-0.2, 0) is 10.0 Å². The first-order valence-corrected chi connectivity index (χ1v) is 6.89. The highest BCUT2D eigenvalue weighted by Gasteiger charge is 2.37. The van der Waals surface area contributed by atoms with Crippen molar-refractivity contribution in [3.8, 4) is 0 Å². The number of nitrogens with one attached hydrogen (secondary N) is 1. The molecule has 0 saturated heterocycles. The van der Waals surface area contributed by atoms with Gasteiger partial charge in [-0.3, -0.25) is 0 Å². The van der Waals surface area contributed by atoms with Crippen LogP contribution in [-0.4, -0.2) is 25.8 Å². The highest BCUT2D eigenvalue weighted by atomic mass is 32.2. The maximum atomic E-state index is 11.6. The summed E-state index contributed by atoms with van der Waals surface area (Å²) in [6.45, 7) is 0. The Balaban J connectivity index is 1.90. The third-order valence-electron chi connectivity index (χ3n) is 3.01. The van der Waals surface area contributed by atoms with Crippen LogP contribution in [0.4, 0.5) is 0 Å². The van der Waals surface area contributed by atoms with Crippen LogP contribution in [0.15, 0.2) is 0 Å². The molecule has 2 rings (SSSR count). The molecule has 4 nitrogen and oxygen atoms in total. The second-order valence-electron chi connectivity index (χ2n) is 4.49. The second kappa shape index (κ2) is 3.79. The zero-order chi connectivity index (χ0) is 10.2. The maximum absolute atomic E-state index is 11.6. The fourth-order valence-corrected chi connectivity index (χ4v) is 3.67. The van der Waals surface area contributed by atoms with Gasteiger partial charge in [-0.15, -0.1) is 0 Å². The minimum Gasteiger partial charge on any atom is -0.328 e. The Bertz CT molecular complexity index is 298. The van der Waals surface area contributed by atoms with Crippen molar-refractivity contribution in [1.29, 1.82) is 0 Å². The summed E-state index contributed by atoms with van der Waals surface area (Å²) in [5.74, 6) is 0. The molecule has 0 aromatic rings. The predicted molar refractivity (Wildman–Crippen MR) is 55.3 cm³/mol. The van der Waals surface area contributed by atoms with Crippen LogP contribution in [0.5, 0.6) is 0 Å². The van der Waals surface area contributed by atoms with Gasteiger partial charge in [-0.1, -0.05) is 6.42 Å². The molecule has 2 atom stereocenters. The Labute approximate surface area is 85.3 Å². The summed E-state index contributed by atoms with van der Waals surface area (Å²) in [6, 6.07) is 0.264. The number of hydrogen-bond donors (Lipinski definition) is 2. The van der Waals surface area contributed by atoms with Crippen LogP contribution in [0.2, 0.25) is 0 Å². The van der Waals surface area contributed by atoms with E-state index in [-0.39, 0.29) is 17.3 Å². The van der Waals surface area contributed by atoms with E-state index >= 15 is 0 Å². The van der Waals surface area contributed by atoms with Crippen LogP contribution in [0.1, 0.15) is 38.5 Å². The van der Waals surface area contributed by atoms with Crippen molar-refractivity contribution in [2.45, 2.75) is 55.9 Å². The topological polar surface area (TPSA) is 72.2 Å². The van der Waals surface area contributed by atoms with E-state index in [1.165, 1.54) is 0 Å². The zero-order valence-electron chi connectivity index (χ0n) is 8.28. The third kappa shape index (κ3) is 2.46. The summed E-state index contributed by atoms with van der Waals surface area (Å²) in [5, 5.41) is -0.111. The molecule has 0 aromatic carbocycles. The minimum atomic E-state index is -3.02. The van der Waals surface area contributed by atoms with E-state index in [0.717, 1.165) is 38.5 Å². The Morgan fingerprint density at radius 1 is 1.14 bits per heavy atom. The van der Waals surface area contributed by atoms with Gasteiger partial charge in [0, 0.05) is 12.1 Å². The number of hydrogen-bond acceptors (Lipinski definition) is 3. The van der Waals surface area contributed by atoms with Crippen molar-refractivity contribution in [1.82, 2.24) is 4.72 Å². The van der Waals surface area contributed by atoms with Crippen LogP contribution < -0.4 is 10.5 Å². The summed E-state index contributed by atoms with van der Waals surface area (Å²) in [7, 11) is -3.02. The predicted octanol–water partition coefficient (Wildman–Crippen LogP) is 0.338. The zero-order valence-corrected chi connectivity index (χ0v) is 9.09. The van der Waals surface area contributed by atoms with Crippen molar-refractivity contribution in [3.63, 3.8) is 0 Å². The van der Waals surface area contributed by atoms with Gasteiger partial charge in [-0.2, -0.15) is 0 Å². The standard InChI is InChI=1S/C9H18N2O2S/c10-7-2-1-3-8(6-7)11-14(12,13)9-4-5-9/h7-9,11H,1-6,10H2. The molecule has 3 N–H and O–H groups in total. The van der Waals surface area contributed by atoms with Crippen molar-refractivity contribution in [2.75, 3.05) is 0 Å². The van der Waals surface area contributed by atoms with Gasteiger partial charge in [0.2, 0.25) is 10.0 Å². The fourth-order valence-electron chi connectivity index (χ4n) is 2.04. The molecule has 2 aliphatic carbocycles. The summed E-state index contributed by atoms with van der Waals surface area (Å²) >= 11 is 0. The molecule has 0 amide bonds. The van der Waals surface area contributed by atoms with E-state index < -0.39 is 10.0 Å². The molecular weight excluding hydrogens is 200 g/mol. The second-order valence-corrected chi connectivity index (χ2v) is 6.48. The third-order valence-corrected chi connectivity index (χ3v) is 5.02. The van der Waals surface area contributed by atoms with E-state index in [1.54, 1.807) is 0 Å². The van der Waals surface area contributed by atoms with Crippen LogP contribution in [0.25, 0.3) is 0 Å². The lowest BCUT2D eigenvalue weighted by molar-refractivity contribution is 0.371. The summed E-state index contributed by atoms with van der Waals surface area (Å²) in [4.78, 5) is 0. The number of rotatable bonds is 3. The molecule has 0 heterocycles. The monoisotopic (exact) mass is 218 g/mol. The van der Waals surface area contributed by atoms with Gasteiger partial charge in [0.05, 0.1) is 5.25 Å². The van der Waals surface area contributed by atoms with E-state index in [9.17, 15) is 8.42 Å². The Kier molecular flexibility index (Phi) is 2.81. The highest BCUT2D eigenvalue weighted by molar-refractivity contribution is 7.90. The maximum Gasteiger partial charge on any atom is 0.214 e. The summed E-state index contributed by atoms with van der Waals surface area (Å²) in [5.41, 5.74) is 5.80. The normalized spacial score (nSPS) is 34.4. The quantitative estimate of drug-likeness (QED) is 0.717. The molecule has 14 heavy (non-hydrogen) atoms. The average molecular weight is 218 g/mol. The lowest BCUT2D eigenvalue weighted by Gasteiger charge is -2.27. The van der Waals surface area contributed by atoms with Gasteiger partial charge < -0.3 is 5.73 Å². The molecule has 2 aliphatic rings. The first-order chi connectivity index (χ1) is 6.58. The molecule has 2 saturated carbocycles. The molecule has 0 radical (unpaired) electrons. The van der Waals surface area contributed by atoms with E-state index in [0.29, 0.717) is 0 Å². The lowest BCUT2D eigenvalue weighted by atomic mass is 9.92. The summed E-state index contributed by atoms with van der Waals surface area (Å²) < 4.78 is 26.0. The number of sulfonamides is 1. The average Bonchev–Trinajstić information content (AvgIpc) is 2.84. The van der Waals surface area contributed by atoms with Gasteiger partial charge in [0.25, 0.3) is 0 Å². The molecular formula is C9H18N2O2S. The largest absolute Gasteiger partial charge is 0.328 e. The minimum absolute atomic E-state index is 0.0874. The van der Waals surface area contributed by atoms with Gasteiger partial charge in [-0.05, 0) is 32.1 Å². The molecule has 5 heteroatoms. The van der Waals surface area contributed by atoms with Crippen molar-refractivity contribution in [2.24, 2.45) is 5.73 Å². The van der Waals surface area contributed by atoms with Crippen molar-refractivity contribution in [3.05, 3.63) is 0 Å². The first-order valence-electron chi connectivity index (χ1n) is 5.34. The Hall–Kier alpha value is -0.130. The molecule has 2 fully saturated rings. The number of nitrogens with two attached hydrogens (primary N) is 1. The van der Waals surface area contributed by atoms with Gasteiger partial charge in [0.15, 0.2) is 0 Å². The van der Waals surface area contributed by atoms with Crippen LogP contribution in [0, 0.1) is 0 Å². The van der Waals surface area contributed by atoms with Gasteiger partial charge in [0.1, 0.15) is 0 Å². The van der Waals surface area contributed by atoms with Crippen molar-refractivity contribution >= 4 is 10.0 Å². The molecule has 2 unspecified atom stereocenters. The fraction of sp³-hybridized carbons (Fsp3) is 1.00. The lowest BCUT2D eigenvalue weighted by Crippen LogP contribution is -2.43. The Morgan fingerprint density at radius 2 is 1.86 bits per heavy atom. The van der Waals surface area contributed by atoms with E-state index in [1.807, 2.05) is 0 Å².